The van der Waals surface area contributed by atoms with Crippen molar-refractivity contribution < 1.29 is 17.9 Å². The number of rotatable bonds is 3. The minimum absolute atomic E-state index is 0.121. The van der Waals surface area contributed by atoms with Crippen molar-refractivity contribution in [1.29, 1.82) is 0 Å². The van der Waals surface area contributed by atoms with E-state index in [2.05, 4.69) is 4.98 Å². The van der Waals surface area contributed by atoms with Gasteiger partial charge in [0.2, 0.25) is 0 Å². The highest BCUT2D eigenvalue weighted by Gasteiger charge is 2.38. The number of aromatic nitrogens is 1. The van der Waals surface area contributed by atoms with E-state index in [1.165, 1.54) is 18.3 Å². The molecule has 0 fully saturated rings. The number of nitrogens with two attached hydrogens (primary N) is 1. The Bertz CT molecular complexity index is 327. The first-order valence-electron chi connectivity index (χ1n) is 4.32. The third-order valence-electron chi connectivity index (χ3n) is 1.77. The van der Waals surface area contributed by atoms with E-state index >= 15 is 0 Å². The van der Waals surface area contributed by atoms with Gasteiger partial charge in [0, 0.05) is 18.8 Å². The number of alkyl halides is 3. The zero-order valence-electron chi connectivity index (χ0n) is 8.08. The van der Waals surface area contributed by atoms with Crippen LogP contribution < -0.4 is 10.5 Å². The van der Waals surface area contributed by atoms with Gasteiger partial charge in [0.05, 0.1) is 5.69 Å². The molecule has 1 aromatic rings. The van der Waals surface area contributed by atoms with Gasteiger partial charge in [-0.25, -0.2) is 0 Å². The molecule has 1 unspecified atom stereocenters. The quantitative estimate of drug-likeness (QED) is 0.845. The van der Waals surface area contributed by atoms with E-state index < -0.39 is 12.3 Å². The summed E-state index contributed by atoms with van der Waals surface area (Å²) in [7, 11) is 0. The molecule has 0 aromatic carbocycles. The summed E-state index contributed by atoms with van der Waals surface area (Å²) in [6.07, 6.45) is -4.85. The SMILES string of the molecule is CC(Oc1ccnc(CN)c1)C(F)(F)F. The van der Waals surface area contributed by atoms with E-state index in [9.17, 15) is 13.2 Å². The molecule has 0 aliphatic carbocycles. The number of pyridine rings is 1. The van der Waals surface area contributed by atoms with Crippen molar-refractivity contribution in [3.63, 3.8) is 0 Å². The van der Waals surface area contributed by atoms with Crippen molar-refractivity contribution in [1.82, 2.24) is 4.98 Å². The van der Waals surface area contributed by atoms with Crippen molar-refractivity contribution in [2.24, 2.45) is 5.73 Å². The van der Waals surface area contributed by atoms with E-state index in [-0.39, 0.29) is 12.3 Å². The first-order chi connectivity index (χ1) is 6.93. The summed E-state index contributed by atoms with van der Waals surface area (Å²) in [4.78, 5) is 3.84. The fraction of sp³-hybridized carbons (Fsp3) is 0.444. The fourth-order valence-electron chi connectivity index (χ4n) is 0.912. The minimum atomic E-state index is -4.37. The van der Waals surface area contributed by atoms with Crippen LogP contribution in [0, 0.1) is 0 Å². The van der Waals surface area contributed by atoms with Crippen LogP contribution in [0.25, 0.3) is 0 Å². The van der Waals surface area contributed by atoms with Gasteiger partial charge in [0.1, 0.15) is 5.75 Å². The van der Waals surface area contributed by atoms with Crippen molar-refractivity contribution in [3.05, 3.63) is 24.0 Å². The van der Waals surface area contributed by atoms with Gasteiger partial charge in [-0.2, -0.15) is 13.2 Å². The average molecular weight is 220 g/mol. The standard InChI is InChI=1S/C9H11F3N2O/c1-6(9(10,11)12)15-8-2-3-14-7(4-8)5-13/h2-4,6H,5,13H2,1H3. The largest absolute Gasteiger partial charge is 0.481 e. The minimum Gasteiger partial charge on any atom is -0.481 e. The second-order valence-corrected chi connectivity index (χ2v) is 2.99. The Hall–Kier alpha value is -1.30. The maximum Gasteiger partial charge on any atom is 0.425 e. The lowest BCUT2D eigenvalue weighted by Crippen LogP contribution is -2.31. The monoisotopic (exact) mass is 220 g/mol. The molecule has 84 valence electrons. The molecular weight excluding hydrogens is 209 g/mol. The molecule has 15 heavy (non-hydrogen) atoms. The van der Waals surface area contributed by atoms with Gasteiger partial charge in [0.25, 0.3) is 0 Å². The van der Waals surface area contributed by atoms with Gasteiger partial charge in [-0.1, -0.05) is 0 Å². The van der Waals surface area contributed by atoms with Crippen LogP contribution in [0.3, 0.4) is 0 Å². The van der Waals surface area contributed by atoms with Gasteiger partial charge in [-0.15, -0.1) is 0 Å². The van der Waals surface area contributed by atoms with E-state index in [0.717, 1.165) is 6.92 Å². The molecule has 6 heteroatoms. The summed E-state index contributed by atoms with van der Waals surface area (Å²) in [5, 5.41) is 0. The molecule has 0 aliphatic rings. The van der Waals surface area contributed by atoms with Gasteiger partial charge >= 0.3 is 6.18 Å². The first kappa shape index (κ1) is 11.8. The van der Waals surface area contributed by atoms with E-state index in [1.807, 2.05) is 0 Å². The van der Waals surface area contributed by atoms with Crippen molar-refractivity contribution in [2.45, 2.75) is 25.7 Å². The fourth-order valence-corrected chi connectivity index (χ4v) is 0.912. The number of halogens is 3. The van der Waals surface area contributed by atoms with E-state index in [1.54, 1.807) is 0 Å². The summed E-state index contributed by atoms with van der Waals surface area (Å²) in [6.45, 7) is 1.11. The highest BCUT2D eigenvalue weighted by Crippen LogP contribution is 2.24. The highest BCUT2D eigenvalue weighted by atomic mass is 19.4. The molecule has 1 aromatic heterocycles. The molecule has 1 rings (SSSR count). The van der Waals surface area contributed by atoms with Crippen LogP contribution in [0.2, 0.25) is 0 Å². The zero-order chi connectivity index (χ0) is 11.5. The van der Waals surface area contributed by atoms with Crippen molar-refractivity contribution >= 4 is 0 Å². The van der Waals surface area contributed by atoms with Crippen LogP contribution in [-0.2, 0) is 6.54 Å². The van der Waals surface area contributed by atoms with Gasteiger partial charge in [-0.05, 0) is 13.0 Å². The molecular formula is C9H11F3N2O. The maximum atomic E-state index is 12.2. The summed E-state index contributed by atoms with van der Waals surface area (Å²) in [6, 6.07) is 2.75. The molecule has 0 spiro atoms. The van der Waals surface area contributed by atoms with Crippen LogP contribution in [0.15, 0.2) is 18.3 Å². The zero-order valence-corrected chi connectivity index (χ0v) is 8.08. The Kier molecular flexibility index (Phi) is 3.52. The molecule has 1 atom stereocenters. The lowest BCUT2D eigenvalue weighted by molar-refractivity contribution is -0.189. The lowest BCUT2D eigenvalue weighted by Gasteiger charge is -2.17. The van der Waals surface area contributed by atoms with E-state index in [4.69, 9.17) is 10.5 Å². The molecule has 1 heterocycles. The molecule has 0 saturated carbocycles. The highest BCUT2D eigenvalue weighted by molar-refractivity contribution is 5.22. The Labute approximate surface area is 85.1 Å². The van der Waals surface area contributed by atoms with E-state index in [0.29, 0.717) is 5.69 Å². The smallest absolute Gasteiger partial charge is 0.425 e. The maximum absolute atomic E-state index is 12.2. The third kappa shape index (κ3) is 3.39. The topological polar surface area (TPSA) is 48.1 Å². The molecule has 0 saturated heterocycles. The molecule has 0 radical (unpaired) electrons. The Morgan fingerprint density at radius 3 is 2.73 bits per heavy atom. The summed E-state index contributed by atoms with van der Waals surface area (Å²) < 4.78 is 41.2. The second kappa shape index (κ2) is 4.48. The van der Waals surface area contributed by atoms with Crippen LogP contribution in [-0.4, -0.2) is 17.3 Å². The summed E-state index contributed by atoms with van der Waals surface area (Å²) in [5.41, 5.74) is 5.78. The van der Waals surface area contributed by atoms with Gasteiger partial charge in [0.15, 0.2) is 6.10 Å². The van der Waals surface area contributed by atoms with Crippen molar-refractivity contribution in [3.8, 4) is 5.75 Å². The van der Waals surface area contributed by atoms with Crippen LogP contribution >= 0.6 is 0 Å². The number of hydrogen-bond acceptors (Lipinski definition) is 3. The number of hydrogen-bond donors (Lipinski definition) is 1. The van der Waals surface area contributed by atoms with Crippen LogP contribution in [0.4, 0.5) is 13.2 Å². The molecule has 2 N–H and O–H groups in total. The first-order valence-corrected chi connectivity index (χ1v) is 4.32. The molecule has 3 nitrogen and oxygen atoms in total. The van der Waals surface area contributed by atoms with Gasteiger partial charge in [-0.3, -0.25) is 4.98 Å². The third-order valence-corrected chi connectivity index (χ3v) is 1.77. The predicted octanol–water partition coefficient (Wildman–Crippen LogP) is 1.87. The summed E-state index contributed by atoms with van der Waals surface area (Å²) >= 11 is 0. The normalized spacial score (nSPS) is 13.7. The lowest BCUT2D eigenvalue weighted by atomic mass is 10.3. The molecule has 0 aliphatic heterocycles. The number of nitrogens with zero attached hydrogens (tertiary/aromatic N) is 1. The van der Waals surface area contributed by atoms with Crippen LogP contribution in [0.5, 0.6) is 5.75 Å². The second-order valence-electron chi connectivity index (χ2n) is 2.99. The average Bonchev–Trinajstić information content (AvgIpc) is 2.16. The Morgan fingerprint density at radius 1 is 1.53 bits per heavy atom. The van der Waals surface area contributed by atoms with Crippen molar-refractivity contribution in [2.75, 3.05) is 0 Å². The summed E-state index contributed by atoms with van der Waals surface area (Å²) in [5.74, 6) is 0.121. The predicted molar refractivity (Wildman–Crippen MR) is 48.3 cm³/mol. The number of ether oxygens (including phenoxy) is 1. The molecule has 0 amide bonds. The molecule has 0 bridgehead atoms. The van der Waals surface area contributed by atoms with Gasteiger partial charge < -0.3 is 10.5 Å². The Morgan fingerprint density at radius 2 is 2.20 bits per heavy atom. The van der Waals surface area contributed by atoms with Crippen LogP contribution in [0.1, 0.15) is 12.6 Å². The Balaban J connectivity index is 2.72.